The Bertz CT molecular complexity index is 318. The number of alkyl halides is 2. The molecule has 5 heteroatoms. The second-order valence-electron chi connectivity index (χ2n) is 6.61. The van der Waals surface area contributed by atoms with Crippen molar-refractivity contribution in [2.24, 2.45) is 5.92 Å². The van der Waals surface area contributed by atoms with Crippen LogP contribution in [0.4, 0.5) is 13.6 Å². The Kier molecular flexibility index (Phi) is 5.78. The number of nitrogens with zero attached hydrogens (tertiary/aromatic N) is 1. The van der Waals surface area contributed by atoms with E-state index in [1.54, 1.807) is 20.8 Å². The maximum Gasteiger partial charge on any atom is 0.410 e. The lowest BCUT2D eigenvalue weighted by Crippen LogP contribution is -2.45. The summed E-state index contributed by atoms with van der Waals surface area (Å²) in [5.41, 5.74) is -0.543. The molecule has 0 bridgehead atoms. The van der Waals surface area contributed by atoms with Crippen LogP contribution in [0.3, 0.4) is 0 Å². The van der Waals surface area contributed by atoms with Crippen molar-refractivity contribution in [3.8, 4) is 0 Å². The summed E-state index contributed by atoms with van der Waals surface area (Å²) in [6.45, 7) is 8.05. The van der Waals surface area contributed by atoms with Crippen LogP contribution < -0.4 is 0 Å². The average Bonchev–Trinajstić information content (AvgIpc) is 2.34. The smallest absolute Gasteiger partial charge is 0.410 e. The van der Waals surface area contributed by atoms with E-state index in [1.807, 2.05) is 6.92 Å². The van der Waals surface area contributed by atoms with Crippen molar-refractivity contribution in [3.63, 3.8) is 0 Å². The first kappa shape index (κ1) is 17.2. The first-order valence-corrected chi connectivity index (χ1v) is 7.51. The molecule has 0 aromatic carbocycles. The van der Waals surface area contributed by atoms with Gasteiger partial charge in [-0.1, -0.05) is 13.3 Å². The van der Waals surface area contributed by atoms with E-state index in [9.17, 15) is 13.6 Å². The summed E-state index contributed by atoms with van der Waals surface area (Å²) in [5.74, 6) is -3.21. The minimum Gasteiger partial charge on any atom is -0.444 e. The van der Waals surface area contributed by atoms with Gasteiger partial charge in [-0.15, -0.1) is 0 Å². The maximum atomic E-state index is 14.0. The molecule has 0 aliphatic carbocycles. The van der Waals surface area contributed by atoms with Crippen LogP contribution in [0.15, 0.2) is 0 Å². The Morgan fingerprint density at radius 2 is 1.80 bits per heavy atom. The highest BCUT2D eigenvalue weighted by molar-refractivity contribution is 5.68. The molecule has 0 saturated carbocycles. The van der Waals surface area contributed by atoms with E-state index in [0.29, 0.717) is 32.4 Å². The number of rotatable bonds is 4. The summed E-state index contributed by atoms with van der Waals surface area (Å²) in [4.78, 5) is 13.4. The molecule has 1 amide bonds. The van der Waals surface area contributed by atoms with Crippen molar-refractivity contribution in [1.29, 1.82) is 0 Å². The van der Waals surface area contributed by atoms with Gasteiger partial charge < -0.3 is 9.64 Å². The number of hydrogen-bond donors (Lipinski definition) is 0. The molecule has 0 aromatic heterocycles. The number of carbonyl (C=O) groups is 1. The summed E-state index contributed by atoms with van der Waals surface area (Å²) in [6.07, 6.45) is 1.62. The topological polar surface area (TPSA) is 29.5 Å². The number of ether oxygens (including phenoxy) is 1. The molecule has 0 unspecified atom stereocenters. The Morgan fingerprint density at radius 3 is 2.25 bits per heavy atom. The van der Waals surface area contributed by atoms with Crippen molar-refractivity contribution in [3.05, 3.63) is 0 Å². The minimum absolute atomic E-state index is 0.0411. The zero-order chi connectivity index (χ0) is 15.4. The van der Waals surface area contributed by atoms with E-state index in [0.717, 1.165) is 6.42 Å². The molecule has 0 N–H and O–H groups in total. The largest absolute Gasteiger partial charge is 0.444 e. The molecule has 1 heterocycles. The molecule has 0 spiro atoms. The Labute approximate surface area is 120 Å². The highest BCUT2D eigenvalue weighted by Crippen LogP contribution is 2.37. The van der Waals surface area contributed by atoms with Gasteiger partial charge in [0.2, 0.25) is 0 Å². The van der Waals surface area contributed by atoms with Gasteiger partial charge in [-0.05, 0) is 40.0 Å². The van der Waals surface area contributed by atoms with E-state index >= 15 is 0 Å². The summed E-state index contributed by atoms with van der Waals surface area (Å²) in [7, 11) is 0. The van der Waals surface area contributed by atoms with E-state index in [1.165, 1.54) is 4.90 Å². The van der Waals surface area contributed by atoms with Gasteiger partial charge >= 0.3 is 6.09 Å². The van der Waals surface area contributed by atoms with E-state index < -0.39 is 23.5 Å². The van der Waals surface area contributed by atoms with Crippen LogP contribution in [0.5, 0.6) is 0 Å². The molecule has 0 radical (unpaired) electrons. The number of amides is 1. The van der Waals surface area contributed by atoms with Crippen molar-refractivity contribution in [1.82, 2.24) is 4.90 Å². The van der Waals surface area contributed by atoms with Crippen LogP contribution in [0.1, 0.15) is 59.8 Å². The van der Waals surface area contributed by atoms with E-state index in [2.05, 4.69) is 0 Å². The molecule has 3 nitrogen and oxygen atoms in total. The lowest BCUT2D eigenvalue weighted by Gasteiger charge is -2.36. The predicted molar refractivity (Wildman–Crippen MR) is 75.0 cm³/mol. The van der Waals surface area contributed by atoms with Crippen molar-refractivity contribution < 1.29 is 18.3 Å². The molecule has 1 rings (SSSR count). The minimum atomic E-state index is -2.60. The number of piperidine rings is 1. The highest BCUT2D eigenvalue weighted by Gasteiger charge is 2.41. The van der Waals surface area contributed by atoms with Crippen LogP contribution in [0, 0.1) is 5.92 Å². The predicted octanol–water partition coefficient (Wildman–Crippen LogP) is 4.46. The summed E-state index contributed by atoms with van der Waals surface area (Å²) >= 11 is 0. The number of halogens is 2. The molecule has 118 valence electrons. The average molecular weight is 291 g/mol. The molecular formula is C15H27F2NO2. The molecular weight excluding hydrogens is 264 g/mol. The fourth-order valence-electron chi connectivity index (χ4n) is 2.43. The monoisotopic (exact) mass is 291 g/mol. The molecule has 1 fully saturated rings. The molecule has 1 saturated heterocycles. The Morgan fingerprint density at radius 1 is 1.25 bits per heavy atom. The van der Waals surface area contributed by atoms with Crippen molar-refractivity contribution in [2.75, 3.05) is 13.1 Å². The zero-order valence-corrected chi connectivity index (χ0v) is 13.0. The first-order valence-electron chi connectivity index (χ1n) is 7.51. The number of hydrogen-bond acceptors (Lipinski definition) is 2. The van der Waals surface area contributed by atoms with Crippen LogP contribution in [0.2, 0.25) is 0 Å². The van der Waals surface area contributed by atoms with Gasteiger partial charge in [-0.2, -0.15) is 0 Å². The summed E-state index contributed by atoms with van der Waals surface area (Å²) in [6, 6.07) is 0. The zero-order valence-electron chi connectivity index (χ0n) is 13.0. The van der Waals surface area contributed by atoms with Gasteiger partial charge in [0.15, 0.2) is 0 Å². The van der Waals surface area contributed by atoms with Gasteiger partial charge in [0.25, 0.3) is 5.92 Å². The summed E-state index contributed by atoms with van der Waals surface area (Å²) < 4.78 is 33.2. The third-order valence-electron chi connectivity index (χ3n) is 3.61. The Hall–Kier alpha value is -0.870. The molecule has 1 aliphatic heterocycles. The van der Waals surface area contributed by atoms with Crippen molar-refractivity contribution >= 4 is 6.09 Å². The second kappa shape index (κ2) is 6.72. The lowest BCUT2D eigenvalue weighted by molar-refractivity contribution is -0.0865. The Balaban J connectivity index is 2.45. The standard InChI is InChI=1S/C15H27F2NO2/c1-5-6-9-15(16,17)12-7-10-18(11-8-12)13(19)20-14(2,3)4/h12H,5-11H2,1-4H3. The fourth-order valence-corrected chi connectivity index (χ4v) is 2.43. The van der Waals surface area contributed by atoms with Gasteiger partial charge in [-0.25, -0.2) is 13.6 Å². The van der Waals surface area contributed by atoms with Gasteiger partial charge in [-0.3, -0.25) is 0 Å². The van der Waals surface area contributed by atoms with E-state index in [-0.39, 0.29) is 6.42 Å². The van der Waals surface area contributed by atoms with E-state index in [4.69, 9.17) is 4.74 Å². The normalized spacial score (nSPS) is 18.2. The maximum absolute atomic E-state index is 14.0. The third kappa shape index (κ3) is 5.25. The SMILES string of the molecule is CCCCC(F)(F)C1CCN(C(=O)OC(C)(C)C)CC1. The van der Waals surface area contributed by atoms with Crippen LogP contribution in [-0.4, -0.2) is 35.6 Å². The molecule has 1 aliphatic rings. The summed E-state index contributed by atoms with van der Waals surface area (Å²) in [5, 5.41) is 0. The lowest BCUT2D eigenvalue weighted by atomic mass is 9.88. The fraction of sp³-hybridized carbons (Fsp3) is 0.933. The molecule has 0 atom stereocenters. The van der Waals surface area contributed by atoms with Gasteiger partial charge in [0.05, 0.1) is 0 Å². The second-order valence-corrected chi connectivity index (χ2v) is 6.61. The van der Waals surface area contributed by atoms with Crippen LogP contribution in [-0.2, 0) is 4.74 Å². The van der Waals surface area contributed by atoms with Gasteiger partial charge in [0, 0.05) is 25.4 Å². The number of carbonyl (C=O) groups excluding carboxylic acids is 1. The van der Waals surface area contributed by atoms with Crippen molar-refractivity contribution in [2.45, 2.75) is 71.3 Å². The number of unbranched alkanes of at least 4 members (excludes halogenated alkanes) is 1. The quantitative estimate of drug-likeness (QED) is 0.765. The van der Waals surface area contributed by atoms with Crippen LogP contribution >= 0.6 is 0 Å². The third-order valence-corrected chi connectivity index (χ3v) is 3.61. The first-order chi connectivity index (χ1) is 9.15. The number of likely N-dealkylation sites (tertiary alicyclic amines) is 1. The van der Waals surface area contributed by atoms with Gasteiger partial charge in [0.1, 0.15) is 5.60 Å². The highest BCUT2D eigenvalue weighted by atomic mass is 19.3. The molecule has 0 aromatic rings. The molecule has 20 heavy (non-hydrogen) atoms. The van der Waals surface area contributed by atoms with Crippen LogP contribution in [0.25, 0.3) is 0 Å².